The third-order valence-electron chi connectivity index (χ3n) is 3.56. The number of morpholine rings is 1. The predicted octanol–water partition coefficient (Wildman–Crippen LogP) is 2.20. The van der Waals surface area contributed by atoms with Gasteiger partial charge in [-0.15, -0.1) is 11.3 Å². The van der Waals surface area contributed by atoms with Crippen molar-refractivity contribution in [2.24, 2.45) is 0 Å². The van der Waals surface area contributed by atoms with Crippen LogP contribution < -0.4 is 0 Å². The summed E-state index contributed by atoms with van der Waals surface area (Å²) in [5.74, 6) is 0.0416. The summed E-state index contributed by atoms with van der Waals surface area (Å²) in [5, 5.41) is 2.03. The van der Waals surface area contributed by atoms with E-state index >= 15 is 0 Å². The number of nitrogens with zero attached hydrogens (tertiary/aromatic N) is 2. The van der Waals surface area contributed by atoms with Crippen molar-refractivity contribution in [1.29, 1.82) is 0 Å². The lowest BCUT2D eigenvalue weighted by Gasteiger charge is -2.36. The Morgan fingerprint density at radius 1 is 1.59 bits per heavy atom. The summed E-state index contributed by atoms with van der Waals surface area (Å²) in [6.45, 7) is 5.20. The molecule has 2 heterocycles. The number of hydrogen-bond donors (Lipinski definition) is 0. The van der Waals surface area contributed by atoms with Crippen LogP contribution in [0.3, 0.4) is 0 Å². The van der Waals surface area contributed by atoms with Crippen molar-refractivity contribution in [3.8, 4) is 0 Å². The number of amides is 1. The molecule has 124 valence electrons. The van der Waals surface area contributed by atoms with Crippen LogP contribution in [0.15, 0.2) is 15.9 Å². The zero-order valence-electron chi connectivity index (χ0n) is 13.3. The van der Waals surface area contributed by atoms with Gasteiger partial charge in [0.25, 0.3) is 5.91 Å². The van der Waals surface area contributed by atoms with Gasteiger partial charge < -0.3 is 19.3 Å². The molecule has 0 N–H and O–H groups in total. The van der Waals surface area contributed by atoms with E-state index in [4.69, 9.17) is 9.47 Å². The van der Waals surface area contributed by atoms with Gasteiger partial charge >= 0.3 is 0 Å². The van der Waals surface area contributed by atoms with Gasteiger partial charge in [0.2, 0.25) is 0 Å². The smallest absolute Gasteiger partial charge is 0.253 e. The van der Waals surface area contributed by atoms with E-state index in [9.17, 15) is 4.79 Å². The summed E-state index contributed by atoms with van der Waals surface area (Å²) in [6.07, 6.45) is -0.318. The molecule has 0 radical (unpaired) electrons. The Labute approximate surface area is 144 Å². The minimum absolute atomic E-state index is 0.0416. The molecule has 0 bridgehead atoms. The van der Waals surface area contributed by atoms with Gasteiger partial charge in [0.05, 0.1) is 19.3 Å². The topological polar surface area (TPSA) is 42.0 Å². The fourth-order valence-electron chi connectivity index (χ4n) is 2.60. The first-order valence-corrected chi connectivity index (χ1v) is 9.01. The Kier molecular flexibility index (Phi) is 6.83. The molecule has 2 atom stereocenters. The largest absolute Gasteiger partial charge is 0.383 e. The van der Waals surface area contributed by atoms with E-state index in [1.807, 2.05) is 30.3 Å². The van der Waals surface area contributed by atoms with Gasteiger partial charge in [-0.3, -0.25) is 4.79 Å². The number of thiophene rings is 1. The van der Waals surface area contributed by atoms with Gasteiger partial charge in [0, 0.05) is 41.5 Å². The molecule has 1 aliphatic heterocycles. The standard InChI is InChI=1S/C15H23BrN2O3S/c1-11-7-17(2)9-14(21-11)15(19)18(4-5-20-3)8-13-6-12(16)10-22-13/h6,10-11,14H,4-5,7-9H2,1-3H3/t11-,14-/m0/s1. The highest BCUT2D eigenvalue weighted by Gasteiger charge is 2.31. The molecule has 0 saturated carbocycles. The highest BCUT2D eigenvalue weighted by Crippen LogP contribution is 2.22. The van der Waals surface area contributed by atoms with Crippen molar-refractivity contribution in [3.63, 3.8) is 0 Å². The molecule has 5 nitrogen and oxygen atoms in total. The number of ether oxygens (including phenoxy) is 2. The number of methoxy groups -OCH3 is 1. The van der Waals surface area contributed by atoms with Gasteiger partial charge in [-0.25, -0.2) is 0 Å². The molecular formula is C15H23BrN2O3S. The highest BCUT2D eigenvalue weighted by atomic mass is 79.9. The molecule has 22 heavy (non-hydrogen) atoms. The van der Waals surface area contributed by atoms with Gasteiger partial charge in [-0.2, -0.15) is 0 Å². The Balaban J connectivity index is 2.04. The quantitative estimate of drug-likeness (QED) is 0.746. The van der Waals surface area contributed by atoms with E-state index in [0.29, 0.717) is 26.2 Å². The summed E-state index contributed by atoms with van der Waals surface area (Å²) in [4.78, 5) is 17.9. The van der Waals surface area contributed by atoms with Gasteiger partial charge in [-0.1, -0.05) is 0 Å². The van der Waals surface area contributed by atoms with Gasteiger partial charge in [0.15, 0.2) is 0 Å². The molecule has 2 rings (SSSR count). The lowest BCUT2D eigenvalue weighted by atomic mass is 10.2. The molecule has 1 aromatic heterocycles. The molecule has 0 spiro atoms. The second kappa shape index (κ2) is 8.40. The number of hydrogen-bond acceptors (Lipinski definition) is 5. The number of rotatable bonds is 6. The van der Waals surface area contributed by atoms with Crippen LogP contribution in [0.5, 0.6) is 0 Å². The maximum absolute atomic E-state index is 12.8. The minimum Gasteiger partial charge on any atom is -0.383 e. The lowest BCUT2D eigenvalue weighted by Crippen LogP contribution is -2.52. The molecule has 1 aliphatic rings. The van der Waals surface area contributed by atoms with Crippen molar-refractivity contribution in [2.45, 2.75) is 25.7 Å². The first-order valence-electron chi connectivity index (χ1n) is 7.34. The van der Waals surface area contributed by atoms with E-state index in [0.717, 1.165) is 15.9 Å². The summed E-state index contributed by atoms with van der Waals surface area (Å²) >= 11 is 5.10. The average Bonchev–Trinajstić information content (AvgIpc) is 2.87. The Morgan fingerprint density at radius 3 is 2.95 bits per heavy atom. The minimum atomic E-state index is -0.394. The molecule has 1 aromatic rings. The molecule has 1 amide bonds. The van der Waals surface area contributed by atoms with Crippen LogP contribution in [-0.2, 0) is 20.8 Å². The second-order valence-electron chi connectivity index (χ2n) is 5.64. The Morgan fingerprint density at radius 2 is 2.36 bits per heavy atom. The number of halogens is 1. The molecule has 7 heteroatoms. The van der Waals surface area contributed by atoms with E-state index in [1.54, 1.807) is 18.4 Å². The molecule has 0 aromatic carbocycles. The van der Waals surface area contributed by atoms with Crippen molar-refractivity contribution in [2.75, 3.05) is 40.4 Å². The average molecular weight is 391 g/mol. The molecule has 1 fully saturated rings. The van der Waals surface area contributed by atoms with Gasteiger partial charge in [-0.05, 0) is 36.0 Å². The van der Waals surface area contributed by atoms with Gasteiger partial charge in [0.1, 0.15) is 6.10 Å². The third kappa shape index (κ3) is 5.03. The van der Waals surface area contributed by atoms with Crippen LogP contribution >= 0.6 is 27.3 Å². The molecule has 0 aliphatic carbocycles. The lowest BCUT2D eigenvalue weighted by molar-refractivity contribution is -0.156. The van der Waals surface area contributed by atoms with E-state index in [-0.39, 0.29) is 12.0 Å². The SMILES string of the molecule is COCCN(Cc1cc(Br)cs1)C(=O)[C@@H]1CN(C)C[C@H](C)O1. The number of carbonyl (C=O) groups excluding carboxylic acids is 1. The fourth-order valence-corrected chi connectivity index (χ4v) is 4.06. The summed E-state index contributed by atoms with van der Waals surface area (Å²) in [6, 6.07) is 2.05. The summed E-state index contributed by atoms with van der Waals surface area (Å²) in [5.41, 5.74) is 0. The third-order valence-corrected chi connectivity index (χ3v) is 5.25. The zero-order chi connectivity index (χ0) is 16.1. The number of likely N-dealkylation sites (N-methyl/N-ethyl adjacent to an activating group) is 1. The first-order chi connectivity index (χ1) is 10.5. The predicted molar refractivity (Wildman–Crippen MR) is 91.1 cm³/mol. The van der Waals surface area contributed by atoms with Crippen LogP contribution in [0.4, 0.5) is 0 Å². The van der Waals surface area contributed by atoms with Crippen molar-refractivity contribution < 1.29 is 14.3 Å². The summed E-state index contributed by atoms with van der Waals surface area (Å²) < 4.78 is 12.0. The molecular weight excluding hydrogens is 368 g/mol. The highest BCUT2D eigenvalue weighted by molar-refractivity contribution is 9.10. The summed E-state index contributed by atoms with van der Waals surface area (Å²) in [7, 11) is 3.67. The zero-order valence-corrected chi connectivity index (χ0v) is 15.7. The Hall–Kier alpha value is -0.470. The van der Waals surface area contributed by atoms with E-state index in [2.05, 4.69) is 20.8 Å². The molecule has 1 saturated heterocycles. The monoisotopic (exact) mass is 390 g/mol. The maximum atomic E-state index is 12.8. The normalized spacial score (nSPS) is 22.7. The second-order valence-corrected chi connectivity index (χ2v) is 7.55. The number of carbonyl (C=O) groups is 1. The van der Waals surface area contributed by atoms with Crippen LogP contribution in [0, 0.1) is 0 Å². The fraction of sp³-hybridized carbons (Fsp3) is 0.667. The van der Waals surface area contributed by atoms with Crippen LogP contribution in [0.25, 0.3) is 0 Å². The maximum Gasteiger partial charge on any atom is 0.253 e. The Bertz CT molecular complexity index is 487. The van der Waals surface area contributed by atoms with Crippen molar-refractivity contribution in [1.82, 2.24) is 9.80 Å². The van der Waals surface area contributed by atoms with E-state index in [1.165, 1.54) is 0 Å². The van der Waals surface area contributed by atoms with Crippen LogP contribution in [0.2, 0.25) is 0 Å². The van der Waals surface area contributed by atoms with Crippen molar-refractivity contribution in [3.05, 3.63) is 20.8 Å². The van der Waals surface area contributed by atoms with E-state index < -0.39 is 6.10 Å². The molecule has 0 unspecified atom stereocenters. The first kappa shape index (κ1) is 17.9. The van der Waals surface area contributed by atoms with Crippen molar-refractivity contribution >= 4 is 33.2 Å². The van der Waals surface area contributed by atoms with Crippen LogP contribution in [0.1, 0.15) is 11.8 Å². The van der Waals surface area contributed by atoms with Crippen LogP contribution in [-0.4, -0.2) is 68.3 Å².